The van der Waals surface area contributed by atoms with Crippen LogP contribution < -0.4 is 5.48 Å². The second-order valence-electron chi connectivity index (χ2n) is 13.7. The predicted octanol–water partition coefficient (Wildman–Crippen LogP) is 2.15. The van der Waals surface area contributed by atoms with Gasteiger partial charge >= 0.3 is 11.9 Å². The van der Waals surface area contributed by atoms with Gasteiger partial charge in [0, 0.05) is 76.3 Å². The van der Waals surface area contributed by atoms with Crippen LogP contribution in [0.2, 0.25) is 0 Å². The summed E-state index contributed by atoms with van der Waals surface area (Å²) < 4.78 is 25.0. The maximum Gasteiger partial charge on any atom is 0.340 e. The van der Waals surface area contributed by atoms with E-state index in [0.29, 0.717) is 50.9 Å². The van der Waals surface area contributed by atoms with E-state index in [4.69, 9.17) is 23.8 Å². The fraction of sp³-hybridized carbons (Fsp3) is 0.750. The summed E-state index contributed by atoms with van der Waals surface area (Å²) in [5.41, 5.74) is -1.16. The minimum atomic E-state index is -1.49. The highest BCUT2D eigenvalue weighted by atomic mass is 16.7. The molecule has 0 amide bonds. The number of hydrogen-bond acceptors (Lipinski definition) is 11. The lowest BCUT2D eigenvalue weighted by atomic mass is 9.44. The zero-order valence-electron chi connectivity index (χ0n) is 25.6. The Hall–Kier alpha value is -2.28. The molecule has 11 nitrogen and oxygen atoms in total. The van der Waals surface area contributed by atoms with E-state index in [1.165, 1.54) is 6.92 Å². The van der Waals surface area contributed by atoms with Crippen molar-refractivity contribution in [3.05, 3.63) is 29.8 Å². The van der Waals surface area contributed by atoms with Gasteiger partial charge in [-0.15, -0.1) is 0 Å². The van der Waals surface area contributed by atoms with Gasteiger partial charge < -0.3 is 34.0 Å². The molecule has 0 unspecified atom stereocenters. The van der Waals surface area contributed by atoms with Gasteiger partial charge in [-0.2, -0.15) is 0 Å². The molecule has 11 heteroatoms. The topological polar surface area (TPSA) is 136 Å². The molecule has 1 heterocycles. The van der Waals surface area contributed by atoms with Crippen LogP contribution in [0.5, 0.6) is 0 Å². The highest BCUT2D eigenvalue weighted by molar-refractivity contribution is 5.96. The first-order valence-electron chi connectivity index (χ1n) is 15.6. The van der Waals surface area contributed by atoms with Gasteiger partial charge in [0.05, 0.1) is 29.6 Å². The quantitative estimate of drug-likeness (QED) is 0.299. The van der Waals surface area contributed by atoms with Crippen LogP contribution in [0.3, 0.4) is 0 Å². The summed E-state index contributed by atoms with van der Waals surface area (Å²) in [6.07, 6.45) is 1.81. The minimum Gasteiger partial charge on any atom is -0.454 e. The van der Waals surface area contributed by atoms with E-state index in [9.17, 15) is 19.8 Å². The van der Waals surface area contributed by atoms with Crippen molar-refractivity contribution < 1.29 is 43.6 Å². The van der Waals surface area contributed by atoms with Crippen LogP contribution in [0.15, 0.2) is 24.3 Å². The first-order valence-corrected chi connectivity index (χ1v) is 15.6. The number of ether oxygens (including phenoxy) is 4. The van der Waals surface area contributed by atoms with E-state index >= 15 is 0 Å². The maximum atomic E-state index is 14.1. The first-order chi connectivity index (χ1) is 20.6. The Morgan fingerprint density at radius 3 is 2.51 bits per heavy atom. The number of likely N-dealkylation sites (N-methyl/N-ethyl adjacent to an activating group) is 1. The highest BCUT2D eigenvalue weighted by Gasteiger charge is 2.89. The van der Waals surface area contributed by atoms with Crippen molar-refractivity contribution in [2.24, 2.45) is 29.1 Å². The minimum absolute atomic E-state index is 0.0559. The zero-order chi connectivity index (χ0) is 30.5. The molecule has 1 aromatic carbocycles. The van der Waals surface area contributed by atoms with E-state index in [-0.39, 0.29) is 47.5 Å². The molecule has 3 N–H and O–H groups in total. The zero-order valence-corrected chi connectivity index (χ0v) is 25.6. The molecular formula is C32H44N2O9. The van der Waals surface area contributed by atoms with Crippen LogP contribution in [-0.2, 0) is 28.6 Å². The van der Waals surface area contributed by atoms with Crippen molar-refractivity contribution in [2.75, 3.05) is 39.9 Å². The smallest absolute Gasteiger partial charge is 0.340 e. The van der Waals surface area contributed by atoms with E-state index in [1.54, 1.807) is 45.6 Å². The monoisotopic (exact) mass is 600 g/mol. The first kappa shape index (κ1) is 29.4. The number of benzene rings is 1. The Kier molecular flexibility index (Phi) is 6.75. The summed E-state index contributed by atoms with van der Waals surface area (Å²) in [7, 11) is 5.04. The summed E-state index contributed by atoms with van der Waals surface area (Å²) in [6, 6.07) is 6.76. The van der Waals surface area contributed by atoms with E-state index in [1.807, 2.05) is 0 Å². The molecule has 1 aromatic rings. The standard InChI is InChI=1S/C32H44N2O9/c1-6-34-16-29(42-28(36)18-9-7-8-10-21(18)33-43-17(2)35)12-11-25(40-4)31-23(29)14-20(26(31)34)30(37)15-22(39-3)19-13-24(31)32(30,38)27(19)41-5/h7-10,19-20,22-27,33,37-38H,6,11-16H2,1-5H3/t19-,20+,22-,23+,24-,25-,26-,27+,29+,30-,31-,32+/m1/s1. The van der Waals surface area contributed by atoms with Crippen molar-refractivity contribution >= 4 is 17.6 Å². The number of rotatable bonds is 8. The highest BCUT2D eigenvalue weighted by Crippen LogP contribution is 2.79. The van der Waals surface area contributed by atoms with Gasteiger partial charge in [0.2, 0.25) is 0 Å². The lowest BCUT2D eigenvalue weighted by Crippen LogP contribution is -2.83. The van der Waals surface area contributed by atoms with Crippen LogP contribution in [0.4, 0.5) is 5.69 Å². The number of hydrogen-bond donors (Lipinski definition) is 3. The molecule has 7 bridgehead atoms. The number of nitrogens with zero attached hydrogens (tertiary/aromatic N) is 1. The number of nitrogens with one attached hydrogen (secondary N) is 1. The van der Waals surface area contributed by atoms with Gasteiger partial charge in [-0.05, 0) is 44.4 Å². The van der Waals surface area contributed by atoms with Crippen LogP contribution in [0.1, 0.15) is 56.3 Å². The van der Waals surface area contributed by atoms with E-state index < -0.39 is 40.3 Å². The number of methoxy groups -OCH3 is 3. The van der Waals surface area contributed by atoms with Crippen LogP contribution in [-0.4, -0.2) is 103 Å². The Morgan fingerprint density at radius 1 is 1.07 bits per heavy atom. The fourth-order valence-corrected chi connectivity index (χ4v) is 11.5. The molecule has 5 aliphatic carbocycles. The van der Waals surface area contributed by atoms with Gasteiger partial charge in [0.15, 0.2) is 0 Å². The molecule has 6 fully saturated rings. The number of piperidine rings is 1. The predicted molar refractivity (Wildman–Crippen MR) is 153 cm³/mol. The van der Waals surface area contributed by atoms with Crippen LogP contribution in [0.25, 0.3) is 0 Å². The van der Waals surface area contributed by atoms with E-state index in [0.717, 1.165) is 0 Å². The Morgan fingerprint density at radius 2 is 1.84 bits per heavy atom. The average Bonchev–Trinajstić information content (AvgIpc) is 3.42. The molecule has 6 aliphatic rings. The number of likely N-dealkylation sites (tertiary alicyclic amines) is 1. The Bertz CT molecular complexity index is 1310. The van der Waals surface area contributed by atoms with Gasteiger partial charge in [-0.3, -0.25) is 9.69 Å². The van der Waals surface area contributed by atoms with Crippen molar-refractivity contribution in [1.82, 2.24) is 4.90 Å². The van der Waals surface area contributed by atoms with Gasteiger partial charge in [0.25, 0.3) is 0 Å². The number of fused-ring (bicyclic) bond motifs is 2. The summed E-state index contributed by atoms with van der Waals surface area (Å²) in [6.45, 7) is 4.62. The molecule has 7 rings (SSSR count). The number of para-hydroxylation sites is 1. The molecule has 1 saturated heterocycles. The van der Waals surface area contributed by atoms with Crippen molar-refractivity contribution in [2.45, 2.75) is 87.1 Å². The molecule has 12 atom stereocenters. The molecule has 236 valence electrons. The average molecular weight is 601 g/mol. The molecule has 5 saturated carbocycles. The van der Waals surface area contributed by atoms with Crippen molar-refractivity contribution in [3.63, 3.8) is 0 Å². The number of carbonyl (C=O) groups excluding carboxylic acids is 2. The fourth-order valence-electron chi connectivity index (χ4n) is 11.5. The van der Waals surface area contributed by atoms with E-state index in [2.05, 4.69) is 17.3 Å². The Balaban J connectivity index is 1.35. The second-order valence-corrected chi connectivity index (χ2v) is 13.7. The summed E-state index contributed by atoms with van der Waals surface area (Å²) in [5, 5.41) is 25.7. The van der Waals surface area contributed by atoms with Gasteiger partial charge in [-0.1, -0.05) is 19.1 Å². The maximum absolute atomic E-state index is 14.1. The van der Waals surface area contributed by atoms with Crippen LogP contribution in [0, 0.1) is 29.1 Å². The third kappa shape index (κ3) is 3.46. The number of anilines is 1. The third-order valence-corrected chi connectivity index (χ3v) is 12.6. The number of carbonyl (C=O) groups is 2. The SMILES string of the molecule is CCN1C[C@@]2(OC(=O)c3ccccc3NOC(C)=O)CC[C@@H](OC)[C@]34[C@H]5C[C@@H]6[C@H](OC)C[C@@](O)([C@@H](C[C@@H]23)[C@@H]14)[C@@]5(O)[C@H]6OC. The normalized spacial score (nSPS) is 47.2. The summed E-state index contributed by atoms with van der Waals surface area (Å²) in [5.74, 6) is -1.89. The van der Waals surface area contributed by atoms with Crippen molar-refractivity contribution in [3.8, 4) is 0 Å². The number of aliphatic hydroxyl groups is 2. The third-order valence-electron chi connectivity index (χ3n) is 12.6. The Labute approximate surface area is 252 Å². The molecule has 1 spiro atoms. The molecule has 0 aromatic heterocycles. The molecule has 1 aliphatic heterocycles. The lowest BCUT2D eigenvalue weighted by Gasteiger charge is -2.70. The lowest BCUT2D eigenvalue weighted by molar-refractivity contribution is -0.337. The second kappa shape index (κ2) is 9.86. The van der Waals surface area contributed by atoms with Crippen LogP contribution >= 0.6 is 0 Å². The van der Waals surface area contributed by atoms with Gasteiger partial charge in [0.1, 0.15) is 16.8 Å². The van der Waals surface area contributed by atoms with Gasteiger partial charge in [-0.25, -0.2) is 10.3 Å². The summed E-state index contributed by atoms with van der Waals surface area (Å²) in [4.78, 5) is 32.9. The molecular weight excluding hydrogens is 556 g/mol. The molecule has 43 heavy (non-hydrogen) atoms. The number of esters is 1. The summed E-state index contributed by atoms with van der Waals surface area (Å²) >= 11 is 0. The van der Waals surface area contributed by atoms with Crippen molar-refractivity contribution in [1.29, 1.82) is 0 Å². The molecule has 0 radical (unpaired) electrons. The largest absolute Gasteiger partial charge is 0.454 e.